The number of unbranched alkanes of at least 4 members (excludes halogenated alkanes) is 1. The summed E-state index contributed by atoms with van der Waals surface area (Å²) in [6.07, 6.45) is 3.14. The highest BCUT2D eigenvalue weighted by molar-refractivity contribution is 8.18. The quantitative estimate of drug-likeness (QED) is 0.415. The van der Waals surface area contributed by atoms with Gasteiger partial charge < -0.3 is 4.42 Å². The number of amides is 2. The summed E-state index contributed by atoms with van der Waals surface area (Å²) in [5.74, 6) is 0.352. The van der Waals surface area contributed by atoms with Gasteiger partial charge in [0.15, 0.2) is 0 Å². The van der Waals surface area contributed by atoms with Gasteiger partial charge in [-0.05, 0) is 36.4 Å². The minimum atomic E-state index is -0.476. The predicted octanol–water partition coefficient (Wildman–Crippen LogP) is 4.69. The second kappa shape index (κ2) is 7.57. The van der Waals surface area contributed by atoms with Crippen molar-refractivity contribution in [2.75, 3.05) is 6.54 Å². The zero-order chi connectivity index (χ0) is 18.7. The Kier molecular flexibility index (Phi) is 5.22. The van der Waals surface area contributed by atoms with Gasteiger partial charge >= 0.3 is 0 Å². The second-order valence-electron chi connectivity index (χ2n) is 5.66. The van der Waals surface area contributed by atoms with E-state index in [1.54, 1.807) is 30.3 Å². The van der Waals surface area contributed by atoms with E-state index in [2.05, 4.69) is 0 Å². The number of para-hydroxylation sites is 1. The van der Waals surface area contributed by atoms with Crippen LogP contribution in [0.4, 0.5) is 10.5 Å². The number of furan rings is 1. The van der Waals surface area contributed by atoms with Crippen molar-refractivity contribution in [1.82, 2.24) is 4.90 Å². The fourth-order valence-corrected chi connectivity index (χ4v) is 3.40. The van der Waals surface area contributed by atoms with Crippen molar-refractivity contribution in [3.63, 3.8) is 0 Å². The summed E-state index contributed by atoms with van der Waals surface area (Å²) in [7, 11) is 0. The third-order valence-corrected chi connectivity index (χ3v) is 4.78. The highest BCUT2D eigenvalue weighted by atomic mass is 32.2. The molecule has 0 bridgehead atoms. The molecular formula is C18H16N2O5S. The number of nitrogens with zero attached hydrogens (tertiary/aromatic N) is 2. The van der Waals surface area contributed by atoms with Crippen molar-refractivity contribution in [1.29, 1.82) is 0 Å². The van der Waals surface area contributed by atoms with Crippen molar-refractivity contribution >= 4 is 34.7 Å². The number of rotatable bonds is 6. The molecule has 0 aliphatic carbocycles. The molecule has 1 aromatic heterocycles. The summed E-state index contributed by atoms with van der Waals surface area (Å²) < 4.78 is 5.65. The normalized spacial score (nSPS) is 15.9. The Balaban J connectivity index is 1.85. The van der Waals surface area contributed by atoms with Crippen molar-refractivity contribution in [2.24, 2.45) is 0 Å². The van der Waals surface area contributed by atoms with Gasteiger partial charge in [-0.2, -0.15) is 0 Å². The van der Waals surface area contributed by atoms with E-state index >= 15 is 0 Å². The monoisotopic (exact) mass is 372 g/mol. The van der Waals surface area contributed by atoms with E-state index in [1.807, 2.05) is 6.92 Å². The number of benzene rings is 1. The van der Waals surface area contributed by atoms with Gasteiger partial charge in [-0.1, -0.05) is 25.5 Å². The lowest BCUT2D eigenvalue weighted by atomic mass is 10.1. The maximum absolute atomic E-state index is 12.3. The highest BCUT2D eigenvalue weighted by Crippen LogP contribution is 2.35. The van der Waals surface area contributed by atoms with E-state index in [4.69, 9.17) is 4.42 Å². The summed E-state index contributed by atoms with van der Waals surface area (Å²) in [6.45, 7) is 2.39. The van der Waals surface area contributed by atoms with Crippen LogP contribution in [-0.2, 0) is 4.79 Å². The average molecular weight is 372 g/mol. The molecule has 3 rings (SSSR count). The number of nitro groups is 1. The van der Waals surface area contributed by atoms with E-state index in [0.717, 1.165) is 24.6 Å². The Bertz CT molecular complexity index is 902. The van der Waals surface area contributed by atoms with Gasteiger partial charge in [0.2, 0.25) is 0 Å². The maximum atomic E-state index is 12.3. The number of carbonyl (C=O) groups is 2. The summed E-state index contributed by atoms with van der Waals surface area (Å²) in [6, 6.07) is 9.49. The Morgan fingerprint density at radius 3 is 2.73 bits per heavy atom. The summed E-state index contributed by atoms with van der Waals surface area (Å²) in [4.78, 5) is 36.5. The first-order chi connectivity index (χ1) is 12.5. The fourth-order valence-electron chi connectivity index (χ4n) is 2.55. The summed E-state index contributed by atoms with van der Waals surface area (Å²) in [5.41, 5.74) is 0.293. The molecule has 0 N–H and O–H groups in total. The van der Waals surface area contributed by atoms with Crippen LogP contribution in [0.3, 0.4) is 0 Å². The molecule has 1 saturated heterocycles. The zero-order valence-corrected chi connectivity index (χ0v) is 14.8. The molecule has 0 atom stereocenters. The van der Waals surface area contributed by atoms with Crippen LogP contribution in [0, 0.1) is 10.1 Å². The predicted molar refractivity (Wildman–Crippen MR) is 98.4 cm³/mol. The number of hydrogen-bond acceptors (Lipinski definition) is 6. The molecule has 1 aliphatic rings. The average Bonchev–Trinajstić information content (AvgIpc) is 3.19. The lowest BCUT2D eigenvalue weighted by molar-refractivity contribution is -0.384. The first-order valence-corrected chi connectivity index (χ1v) is 8.92. The van der Waals surface area contributed by atoms with Crippen LogP contribution in [0.15, 0.2) is 45.7 Å². The van der Waals surface area contributed by atoms with Gasteiger partial charge in [-0.25, -0.2) is 0 Å². The van der Waals surface area contributed by atoms with Crippen LogP contribution < -0.4 is 0 Å². The largest absolute Gasteiger partial charge is 0.456 e. The van der Waals surface area contributed by atoms with Crippen molar-refractivity contribution in [3.8, 4) is 11.3 Å². The molecule has 0 radical (unpaired) electrons. The van der Waals surface area contributed by atoms with E-state index in [0.29, 0.717) is 23.6 Å². The number of imide groups is 1. The molecule has 8 heteroatoms. The molecule has 0 saturated carbocycles. The Labute approximate surface area is 153 Å². The van der Waals surface area contributed by atoms with Gasteiger partial charge in [0, 0.05) is 18.7 Å². The Morgan fingerprint density at radius 2 is 2.00 bits per heavy atom. The molecule has 2 heterocycles. The number of hydrogen-bond donors (Lipinski definition) is 0. The van der Waals surface area contributed by atoms with Crippen molar-refractivity contribution in [2.45, 2.75) is 19.8 Å². The Morgan fingerprint density at radius 1 is 1.23 bits per heavy atom. The molecule has 1 fully saturated rings. The van der Waals surface area contributed by atoms with Gasteiger partial charge in [0.25, 0.3) is 16.8 Å². The topological polar surface area (TPSA) is 93.7 Å². The van der Waals surface area contributed by atoms with E-state index in [9.17, 15) is 19.7 Å². The lowest BCUT2D eigenvalue weighted by Crippen LogP contribution is -2.29. The molecule has 2 amide bonds. The van der Waals surface area contributed by atoms with Gasteiger partial charge in [0.05, 0.1) is 15.4 Å². The van der Waals surface area contributed by atoms with E-state index < -0.39 is 4.92 Å². The third-order valence-electron chi connectivity index (χ3n) is 3.88. The van der Waals surface area contributed by atoms with Gasteiger partial charge in [-0.3, -0.25) is 24.6 Å². The molecule has 0 spiro atoms. The zero-order valence-electron chi connectivity index (χ0n) is 14.0. The first kappa shape index (κ1) is 17.9. The summed E-state index contributed by atoms with van der Waals surface area (Å²) >= 11 is 0.870. The van der Waals surface area contributed by atoms with Crippen molar-refractivity contribution in [3.05, 3.63) is 57.2 Å². The highest BCUT2D eigenvalue weighted by Gasteiger charge is 2.34. The molecule has 134 valence electrons. The van der Waals surface area contributed by atoms with Crippen LogP contribution in [0.1, 0.15) is 25.5 Å². The molecule has 26 heavy (non-hydrogen) atoms. The molecular weight excluding hydrogens is 356 g/mol. The molecule has 1 aromatic carbocycles. The molecule has 2 aromatic rings. The minimum Gasteiger partial charge on any atom is -0.456 e. The van der Waals surface area contributed by atoms with Crippen LogP contribution in [0.25, 0.3) is 17.4 Å². The van der Waals surface area contributed by atoms with Crippen LogP contribution in [0.5, 0.6) is 0 Å². The van der Waals surface area contributed by atoms with E-state index in [-0.39, 0.29) is 21.7 Å². The van der Waals surface area contributed by atoms with Crippen LogP contribution >= 0.6 is 11.8 Å². The third kappa shape index (κ3) is 3.55. The van der Waals surface area contributed by atoms with Gasteiger partial charge in [0.1, 0.15) is 11.5 Å². The van der Waals surface area contributed by atoms with Crippen LogP contribution in [0.2, 0.25) is 0 Å². The molecule has 0 unspecified atom stereocenters. The number of thioether (sulfide) groups is 1. The van der Waals surface area contributed by atoms with Crippen molar-refractivity contribution < 1.29 is 18.9 Å². The van der Waals surface area contributed by atoms with Gasteiger partial charge in [-0.15, -0.1) is 0 Å². The lowest BCUT2D eigenvalue weighted by Gasteiger charge is -2.10. The first-order valence-electron chi connectivity index (χ1n) is 8.10. The standard InChI is InChI=1S/C18H16N2O5S/c1-2-3-10-19-17(21)16(26-18(19)22)11-12-8-9-15(25-12)13-6-4-5-7-14(13)20(23)24/h4-9,11H,2-3,10H2,1H3. The smallest absolute Gasteiger partial charge is 0.293 e. The van der Waals surface area contributed by atoms with Crippen LogP contribution in [-0.4, -0.2) is 27.5 Å². The molecule has 1 aliphatic heterocycles. The number of carbonyl (C=O) groups excluding carboxylic acids is 2. The van der Waals surface area contributed by atoms with E-state index in [1.165, 1.54) is 17.0 Å². The minimum absolute atomic E-state index is 0.0618. The Hall–Kier alpha value is -2.87. The maximum Gasteiger partial charge on any atom is 0.293 e. The second-order valence-corrected chi connectivity index (χ2v) is 6.66. The molecule has 7 nitrogen and oxygen atoms in total. The number of nitro benzene ring substituents is 1. The summed E-state index contributed by atoms with van der Waals surface area (Å²) in [5, 5.41) is 10.9. The fraction of sp³-hybridized carbons (Fsp3) is 0.222. The SMILES string of the molecule is CCCCN1C(=O)SC(=Cc2ccc(-c3ccccc3[N+](=O)[O-])o2)C1=O.